The van der Waals surface area contributed by atoms with E-state index >= 15 is 0 Å². The van der Waals surface area contributed by atoms with Crippen molar-refractivity contribution in [1.29, 1.82) is 0 Å². The second-order valence-corrected chi connectivity index (χ2v) is 9.34. The lowest BCUT2D eigenvalue weighted by Crippen LogP contribution is -2.23. The van der Waals surface area contributed by atoms with Crippen LogP contribution in [0.2, 0.25) is 0 Å². The van der Waals surface area contributed by atoms with Gasteiger partial charge < -0.3 is 18.8 Å². The molecule has 0 radical (unpaired) electrons. The van der Waals surface area contributed by atoms with Gasteiger partial charge in [-0.05, 0) is 50.3 Å². The van der Waals surface area contributed by atoms with Crippen LogP contribution in [0, 0.1) is 6.92 Å². The highest BCUT2D eigenvalue weighted by Crippen LogP contribution is 2.35. The Hall–Kier alpha value is -2.78. The van der Waals surface area contributed by atoms with Crippen molar-refractivity contribution in [3.63, 3.8) is 0 Å². The number of carbonyl (C=O) groups is 2. The predicted molar refractivity (Wildman–Crippen MR) is 131 cm³/mol. The van der Waals surface area contributed by atoms with E-state index in [1.807, 2.05) is 0 Å². The second kappa shape index (κ2) is 11.9. The zero-order valence-corrected chi connectivity index (χ0v) is 20.9. The monoisotopic (exact) mass is 488 g/mol. The van der Waals surface area contributed by atoms with Crippen LogP contribution in [-0.2, 0) is 20.9 Å². The van der Waals surface area contributed by atoms with E-state index < -0.39 is 5.97 Å². The third kappa shape index (κ3) is 6.39. The summed E-state index contributed by atoms with van der Waals surface area (Å²) in [6, 6.07) is 11.9. The number of carbonyl (C=O) groups excluding carboxylic acids is 2. The van der Waals surface area contributed by atoms with Gasteiger partial charge in [-0.1, -0.05) is 29.0 Å². The molecule has 0 unspecified atom stereocenters. The number of fused-ring (bicyclic) bond motifs is 1. The molecule has 0 fully saturated rings. The summed E-state index contributed by atoms with van der Waals surface area (Å²) in [6.07, 6.45) is 1.02. The molecule has 176 valence electrons. The Labute approximate surface area is 201 Å². The number of ether oxygens (including phenoxy) is 3. The van der Waals surface area contributed by atoms with Crippen LogP contribution in [-0.4, -0.2) is 43.0 Å². The molecular weight excluding hydrogens is 460 g/mol. The minimum Gasteiger partial charge on any atom is -0.495 e. The Kier molecular flexibility index (Phi) is 8.96. The van der Waals surface area contributed by atoms with Crippen molar-refractivity contribution in [2.75, 3.05) is 26.6 Å². The van der Waals surface area contributed by atoms with Crippen LogP contribution in [0.5, 0.6) is 11.5 Å². The number of benzene rings is 2. The van der Waals surface area contributed by atoms with Gasteiger partial charge in [-0.25, -0.2) is 0 Å². The highest BCUT2D eigenvalue weighted by atomic mass is 32.2. The van der Waals surface area contributed by atoms with Crippen LogP contribution in [0.3, 0.4) is 0 Å². The number of aromatic nitrogens is 1. The number of thioether (sulfide) groups is 1. The first-order valence-electron chi connectivity index (χ1n) is 10.6. The fraction of sp³-hybridized carbons (Fsp3) is 0.375. The van der Waals surface area contributed by atoms with Gasteiger partial charge in [0.25, 0.3) is 0 Å². The quantitative estimate of drug-likeness (QED) is 0.236. The molecule has 33 heavy (non-hydrogen) atoms. The number of amides is 1. The van der Waals surface area contributed by atoms with Gasteiger partial charge in [-0.2, -0.15) is 4.99 Å². The van der Waals surface area contributed by atoms with E-state index in [4.69, 9.17) is 14.2 Å². The number of methoxy groups -OCH3 is 2. The van der Waals surface area contributed by atoms with Crippen LogP contribution in [0.4, 0.5) is 0 Å². The molecular formula is C24H28N2O5S2. The van der Waals surface area contributed by atoms with Crippen LogP contribution in [0.15, 0.2) is 46.3 Å². The molecule has 9 heteroatoms. The normalized spacial score (nSPS) is 11.6. The molecule has 7 nitrogen and oxygen atoms in total. The first-order valence-corrected chi connectivity index (χ1v) is 12.4. The van der Waals surface area contributed by atoms with Crippen LogP contribution >= 0.6 is 23.1 Å². The topological polar surface area (TPSA) is 79.1 Å². The van der Waals surface area contributed by atoms with Gasteiger partial charge in [0.1, 0.15) is 28.3 Å². The highest BCUT2D eigenvalue weighted by Gasteiger charge is 2.19. The van der Waals surface area contributed by atoms with Crippen molar-refractivity contribution in [2.24, 2.45) is 4.99 Å². The zero-order valence-electron chi connectivity index (χ0n) is 19.3. The minimum atomic E-state index is -0.412. The molecule has 3 aromatic rings. The summed E-state index contributed by atoms with van der Waals surface area (Å²) in [7, 11) is 3.13. The Bertz CT molecular complexity index is 1180. The molecule has 3 rings (SSSR count). The van der Waals surface area contributed by atoms with E-state index in [0.717, 1.165) is 10.5 Å². The second-order valence-electron chi connectivity index (χ2n) is 7.19. The molecule has 0 saturated carbocycles. The molecule has 1 aromatic heterocycles. The largest absolute Gasteiger partial charge is 0.495 e. The SMILES string of the molecule is CCOC(=O)Cn1c(=NC(=O)CCCSc2ccc(C)cc2)sc2c(OC)ccc(OC)c21. The van der Waals surface area contributed by atoms with Crippen LogP contribution < -0.4 is 14.3 Å². The van der Waals surface area contributed by atoms with Gasteiger partial charge >= 0.3 is 5.97 Å². The molecule has 0 aliphatic rings. The smallest absolute Gasteiger partial charge is 0.326 e. The van der Waals surface area contributed by atoms with E-state index in [9.17, 15) is 9.59 Å². The van der Waals surface area contributed by atoms with Gasteiger partial charge in [0, 0.05) is 11.3 Å². The van der Waals surface area contributed by atoms with E-state index in [0.29, 0.717) is 34.7 Å². The van der Waals surface area contributed by atoms with Gasteiger partial charge in [-0.3, -0.25) is 9.59 Å². The Balaban J connectivity index is 1.84. The molecule has 0 aliphatic carbocycles. The first kappa shape index (κ1) is 24.9. The number of rotatable bonds is 10. The lowest BCUT2D eigenvalue weighted by atomic mass is 10.2. The van der Waals surface area contributed by atoms with Gasteiger partial charge in [0.2, 0.25) is 5.91 Å². The summed E-state index contributed by atoms with van der Waals surface area (Å²) in [4.78, 5) is 30.9. The first-order chi connectivity index (χ1) is 16.0. The maximum atomic E-state index is 12.7. The number of esters is 1. The molecule has 2 aromatic carbocycles. The number of hydrogen-bond donors (Lipinski definition) is 0. The van der Waals surface area contributed by atoms with E-state index in [2.05, 4.69) is 36.2 Å². The minimum absolute atomic E-state index is 0.0766. The Morgan fingerprint density at radius 2 is 1.76 bits per heavy atom. The molecule has 0 aliphatic heterocycles. The van der Waals surface area contributed by atoms with Gasteiger partial charge in [0.05, 0.1) is 20.8 Å². The highest BCUT2D eigenvalue weighted by molar-refractivity contribution is 7.99. The van der Waals surface area contributed by atoms with E-state index in [1.54, 1.807) is 49.6 Å². The molecule has 1 amide bonds. The number of aryl methyl sites for hydroxylation is 1. The Morgan fingerprint density at radius 3 is 2.42 bits per heavy atom. The van der Waals surface area contributed by atoms with E-state index in [1.165, 1.54) is 21.8 Å². The van der Waals surface area contributed by atoms with Crippen molar-refractivity contribution in [3.8, 4) is 11.5 Å². The maximum absolute atomic E-state index is 12.7. The lowest BCUT2D eigenvalue weighted by molar-refractivity contribution is -0.143. The number of thiazole rings is 1. The average molecular weight is 489 g/mol. The molecule has 0 atom stereocenters. The molecule has 0 saturated heterocycles. The fourth-order valence-corrected chi connectivity index (χ4v) is 5.24. The Morgan fingerprint density at radius 1 is 1.06 bits per heavy atom. The van der Waals surface area contributed by atoms with Crippen LogP contribution in [0.1, 0.15) is 25.3 Å². The molecule has 0 bridgehead atoms. The third-order valence-corrected chi connectivity index (χ3v) is 7.02. The summed E-state index contributed by atoms with van der Waals surface area (Å²) < 4.78 is 18.5. The predicted octanol–water partition coefficient (Wildman–Crippen LogP) is 4.59. The van der Waals surface area contributed by atoms with Crippen molar-refractivity contribution in [3.05, 3.63) is 46.8 Å². The van der Waals surface area contributed by atoms with Crippen molar-refractivity contribution in [1.82, 2.24) is 4.57 Å². The molecule has 0 N–H and O–H groups in total. The zero-order chi connectivity index (χ0) is 23.8. The standard InChI is InChI=1S/C24H28N2O5S2/c1-5-31-21(28)15-26-22-18(29-3)12-13-19(30-4)23(22)33-24(26)25-20(27)7-6-14-32-17-10-8-16(2)9-11-17/h8-13H,5-7,14-15H2,1-4H3. The molecule has 0 spiro atoms. The summed E-state index contributed by atoms with van der Waals surface area (Å²) >= 11 is 3.01. The number of hydrogen-bond acceptors (Lipinski definition) is 7. The summed E-state index contributed by atoms with van der Waals surface area (Å²) in [5.41, 5.74) is 1.87. The fourth-order valence-electron chi connectivity index (χ4n) is 3.23. The maximum Gasteiger partial charge on any atom is 0.326 e. The van der Waals surface area contributed by atoms with E-state index in [-0.39, 0.29) is 19.1 Å². The van der Waals surface area contributed by atoms with Crippen molar-refractivity contribution >= 4 is 45.2 Å². The van der Waals surface area contributed by atoms with Gasteiger partial charge in [0.15, 0.2) is 4.80 Å². The lowest BCUT2D eigenvalue weighted by Gasteiger charge is -2.09. The summed E-state index contributed by atoms with van der Waals surface area (Å²) in [5.74, 6) is 1.36. The summed E-state index contributed by atoms with van der Waals surface area (Å²) in [5, 5.41) is 0. The van der Waals surface area contributed by atoms with Gasteiger partial charge in [-0.15, -0.1) is 11.8 Å². The summed E-state index contributed by atoms with van der Waals surface area (Å²) in [6.45, 7) is 4.00. The van der Waals surface area contributed by atoms with Crippen molar-refractivity contribution < 1.29 is 23.8 Å². The number of nitrogens with zero attached hydrogens (tertiary/aromatic N) is 2. The van der Waals surface area contributed by atoms with Crippen LogP contribution in [0.25, 0.3) is 10.2 Å². The van der Waals surface area contributed by atoms with Crippen molar-refractivity contribution in [2.45, 2.75) is 38.1 Å². The average Bonchev–Trinajstić information content (AvgIpc) is 3.15. The molecule has 1 heterocycles. The third-order valence-electron chi connectivity index (χ3n) is 4.83.